The third-order valence-electron chi connectivity index (χ3n) is 3.87. The van der Waals surface area contributed by atoms with E-state index in [1.54, 1.807) is 49.6 Å². The predicted octanol–water partition coefficient (Wildman–Crippen LogP) is 3.44. The third kappa shape index (κ3) is 3.62. The molecule has 0 amide bonds. The van der Waals surface area contributed by atoms with Crippen molar-refractivity contribution in [3.05, 3.63) is 66.2 Å². The van der Waals surface area contributed by atoms with Crippen molar-refractivity contribution in [3.63, 3.8) is 0 Å². The van der Waals surface area contributed by atoms with Gasteiger partial charge in [-0.3, -0.25) is 4.72 Å². The minimum Gasteiger partial charge on any atom is -0.497 e. The summed E-state index contributed by atoms with van der Waals surface area (Å²) in [4.78, 5) is 11.7. The van der Waals surface area contributed by atoms with Crippen molar-refractivity contribution >= 4 is 32.5 Å². The highest BCUT2D eigenvalue weighted by Gasteiger charge is 2.16. The first kappa shape index (κ1) is 17.8. The molecule has 3 rings (SSSR count). The number of hydrogen-bond acceptors (Lipinski definition) is 5. The number of hydrogen-bond donors (Lipinski definition) is 1. The Kier molecular flexibility index (Phi) is 4.81. The van der Waals surface area contributed by atoms with E-state index in [-0.39, 0.29) is 16.1 Å². The van der Waals surface area contributed by atoms with E-state index >= 15 is 0 Å². The Morgan fingerprint density at radius 1 is 0.923 bits per heavy atom. The maximum atomic E-state index is 12.7. The minimum atomic E-state index is -3.80. The zero-order valence-corrected chi connectivity index (χ0v) is 15.0. The molecule has 0 radical (unpaired) electrons. The van der Waals surface area contributed by atoms with Gasteiger partial charge >= 0.3 is 5.97 Å². The van der Waals surface area contributed by atoms with Crippen LogP contribution in [-0.2, 0) is 14.8 Å². The second kappa shape index (κ2) is 7.05. The number of fused-ring (bicyclic) bond motifs is 1. The summed E-state index contributed by atoms with van der Waals surface area (Å²) < 4.78 is 37.6. The second-order valence-corrected chi connectivity index (χ2v) is 7.24. The van der Waals surface area contributed by atoms with Crippen LogP contribution >= 0.6 is 0 Å². The molecule has 0 bridgehead atoms. The molecule has 26 heavy (non-hydrogen) atoms. The van der Waals surface area contributed by atoms with Crippen molar-refractivity contribution in [3.8, 4) is 5.75 Å². The van der Waals surface area contributed by atoms with Crippen molar-refractivity contribution < 1.29 is 22.7 Å². The van der Waals surface area contributed by atoms with Gasteiger partial charge in [0, 0.05) is 5.69 Å². The number of nitrogens with one attached hydrogen (secondary N) is 1. The first-order valence-electron chi connectivity index (χ1n) is 7.72. The standard InChI is InChI=1S/C19H17NO5S/c1-24-17-8-6-14-12-18(9-7-13(14)11-17)26(22,23)20-16-5-3-4-15(10-16)19(21)25-2/h3-12,20H,1-2H3. The van der Waals surface area contributed by atoms with Crippen molar-refractivity contribution in [2.75, 3.05) is 18.9 Å². The first-order chi connectivity index (χ1) is 12.4. The van der Waals surface area contributed by atoms with Gasteiger partial charge in [0.05, 0.1) is 24.7 Å². The molecule has 1 N–H and O–H groups in total. The van der Waals surface area contributed by atoms with Crippen molar-refractivity contribution in [1.29, 1.82) is 0 Å². The number of rotatable bonds is 5. The number of carbonyl (C=O) groups excluding carboxylic acids is 1. The summed E-state index contributed by atoms with van der Waals surface area (Å²) >= 11 is 0. The topological polar surface area (TPSA) is 81.7 Å². The van der Waals surface area contributed by atoms with Gasteiger partial charge in [0.15, 0.2) is 0 Å². The molecular weight excluding hydrogens is 354 g/mol. The molecule has 0 aromatic heterocycles. The highest BCUT2D eigenvalue weighted by molar-refractivity contribution is 7.92. The number of sulfonamides is 1. The average molecular weight is 371 g/mol. The number of benzene rings is 3. The monoisotopic (exact) mass is 371 g/mol. The number of ether oxygens (including phenoxy) is 2. The Balaban J connectivity index is 1.93. The fraction of sp³-hybridized carbons (Fsp3) is 0.105. The van der Waals surface area contributed by atoms with Crippen LogP contribution < -0.4 is 9.46 Å². The summed E-state index contributed by atoms with van der Waals surface area (Å²) in [6, 6.07) is 16.3. The van der Waals surface area contributed by atoms with E-state index in [1.165, 1.54) is 19.2 Å². The molecule has 7 heteroatoms. The largest absolute Gasteiger partial charge is 0.497 e. The molecule has 0 aliphatic heterocycles. The lowest BCUT2D eigenvalue weighted by Crippen LogP contribution is -2.13. The SMILES string of the molecule is COC(=O)c1cccc(NS(=O)(=O)c2ccc3cc(OC)ccc3c2)c1. The van der Waals surface area contributed by atoms with Crippen molar-refractivity contribution in [2.24, 2.45) is 0 Å². The van der Waals surface area contributed by atoms with Crippen LogP contribution in [0.4, 0.5) is 5.69 Å². The molecule has 0 aliphatic rings. The van der Waals surface area contributed by atoms with Gasteiger partial charge in [-0.2, -0.15) is 0 Å². The predicted molar refractivity (Wildman–Crippen MR) is 99.1 cm³/mol. The maximum Gasteiger partial charge on any atom is 0.337 e. The van der Waals surface area contributed by atoms with E-state index in [0.29, 0.717) is 5.75 Å². The lowest BCUT2D eigenvalue weighted by Gasteiger charge is -2.10. The normalized spacial score (nSPS) is 11.2. The van der Waals surface area contributed by atoms with Crippen LogP contribution in [0.25, 0.3) is 10.8 Å². The van der Waals surface area contributed by atoms with Crippen LogP contribution in [-0.4, -0.2) is 28.6 Å². The third-order valence-corrected chi connectivity index (χ3v) is 5.24. The van der Waals surface area contributed by atoms with E-state index in [1.807, 2.05) is 6.07 Å². The van der Waals surface area contributed by atoms with E-state index < -0.39 is 16.0 Å². The number of methoxy groups -OCH3 is 2. The summed E-state index contributed by atoms with van der Waals surface area (Å²) in [6.07, 6.45) is 0. The average Bonchev–Trinajstić information content (AvgIpc) is 2.66. The molecule has 0 saturated heterocycles. The van der Waals surface area contributed by atoms with Gasteiger partial charge in [0.1, 0.15) is 5.75 Å². The first-order valence-corrected chi connectivity index (χ1v) is 9.20. The fourth-order valence-corrected chi connectivity index (χ4v) is 3.62. The summed E-state index contributed by atoms with van der Waals surface area (Å²) in [5.74, 6) is 0.163. The molecule has 0 saturated carbocycles. The zero-order valence-electron chi connectivity index (χ0n) is 14.2. The van der Waals surface area contributed by atoms with Gasteiger partial charge in [-0.05, 0) is 53.2 Å². The van der Waals surface area contributed by atoms with Gasteiger partial charge in [-0.15, -0.1) is 0 Å². The lowest BCUT2D eigenvalue weighted by atomic mass is 10.1. The Labute approximate surface area is 151 Å². The number of anilines is 1. The highest BCUT2D eigenvalue weighted by Crippen LogP contribution is 2.25. The summed E-state index contributed by atoms with van der Waals surface area (Å²) in [5, 5.41) is 1.65. The van der Waals surface area contributed by atoms with Crippen LogP contribution in [0.5, 0.6) is 5.75 Å². The van der Waals surface area contributed by atoms with E-state index in [4.69, 9.17) is 4.74 Å². The minimum absolute atomic E-state index is 0.124. The molecule has 0 spiro atoms. The molecule has 0 unspecified atom stereocenters. The second-order valence-electron chi connectivity index (χ2n) is 5.55. The van der Waals surface area contributed by atoms with Gasteiger partial charge in [0.25, 0.3) is 10.0 Å². The molecule has 0 aliphatic carbocycles. The summed E-state index contributed by atoms with van der Waals surface area (Å²) in [6.45, 7) is 0. The zero-order chi connectivity index (χ0) is 18.7. The fourth-order valence-electron chi connectivity index (χ4n) is 2.54. The maximum absolute atomic E-state index is 12.7. The Morgan fingerprint density at radius 3 is 2.38 bits per heavy atom. The van der Waals surface area contributed by atoms with E-state index in [0.717, 1.165) is 10.8 Å². The summed E-state index contributed by atoms with van der Waals surface area (Å²) in [7, 11) is -0.960. The Hall–Kier alpha value is -3.06. The van der Waals surface area contributed by atoms with Crippen LogP contribution in [0.3, 0.4) is 0 Å². The van der Waals surface area contributed by atoms with Crippen LogP contribution in [0.2, 0.25) is 0 Å². The van der Waals surface area contributed by atoms with Gasteiger partial charge in [-0.25, -0.2) is 13.2 Å². The van der Waals surface area contributed by atoms with Crippen LogP contribution in [0.15, 0.2) is 65.6 Å². The van der Waals surface area contributed by atoms with Crippen LogP contribution in [0.1, 0.15) is 10.4 Å². The molecule has 6 nitrogen and oxygen atoms in total. The summed E-state index contributed by atoms with van der Waals surface area (Å²) in [5.41, 5.74) is 0.543. The van der Waals surface area contributed by atoms with Crippen molar-refractivity contribution in [1.82, 2.24) is 0 Å². The molecule has 0 atom stereocenters. The molecule has 0 fully saturated rings. The van der Waals surface area contributed by atoms with E-state index in [2.05, 4.69) is 9.46 Å². The van der Waals surface area contributed by atoms with E-state index in [9.17, 15) is 13.2 Å². The van der Waals surface area contributed by atoms with Crippen LogP contribution in [0, 0.1) is 0 Å². The number of esters is 1. The molecule has 0 heterocycles. The molecular formula is C19H17NO5S. The molecule has 3 aromatic carbocycles. The highest BCUT2D eigenvalue weighted by atomic mass is 32.2. The number of carbonyl (C=O) groups is 1. The quantitative estimate of drug-likeness (QED) is 0.695. The Bertz CT molecular complexity index is 1080. The Morgan fingerprint density at radius 2 is 1.65 bits per heavy atom. The van der Waals surface area contributed by atoms with Gasteiger partial charge < -0.3 is 9.47 Å². The smallest absolute Gasteiger partial charge is 0.337 e. The van der Waals surface area contributed by atoms with Gasteiger partial charge in [-0.1, -0.05) is 18.2 Å². The molecule has 134 valence electrons. The van der Waals surface area contributed by atoms with Crippen molar-refractivity contribution in [2.45, 2.75) is 4.90 Å². The van der Waals surface area contributed by atoms with Gasteiger partial charge in [0.2, 0.25) is 0 Å². The lowest BCUT2D eigenvalue weighted by molar-refractivity contribution is 0.0601. The molecule has 3 aromatic rings.